The Labute approximate surface area is 125 Å². The van der Waals surface area contributed by atoms with Crippen LogP contribution in [-0.4, -0.2) is 14.8 Å². The number of hydrogen-bond acceptors (Lipinski definition) is 5. The van der Waals surface area contributed by atoms with E-state index in [0.29, 0.717) is 11.6 Å². The molecule has 1 aromatic carbocycles. The van der Waals surface area contributed by atoms with E-state index in [2.05, 4.69) is 15.4 Å². The third-order valence-corrected chi connectivity index (χ3v) is 4.10. The summed E-state index contributed by atoms with van der Waals surface area (Å²) in [5.74, 6) is 0. The van der Waals surface area contributed by atoms with Gasteiger partial charge < -0.3 is 11.1 Å². The minimum Gasteiger partial charge on any atom is -0.398 e. The molecule has 5 nitrogen and oxygen atoms in total. The second-order valence-corrected chi connectivity index (χ2v) is 5.54. The van der Waals surface area contributed by atoms with Gasteiger partial charge in [0.2, 0.25) is 0 Å². The second-order valence-electron chi connectivity index (χ2n) is 4.13. The molecular formula is C13H12ClN5S. The Morgan fingerprint density at radius 1 is 1.35 bits per heavy atom. The monoisotopic (exact) mass is 305 g/mol. The summed E-state index contributed by atoms with van der Waals surface area (Å²) in [7, 11) is 0. The van der Waals surface area contributed by atoms with E-state index in [-0.39, 0.29) is 0 Å². The number of nitrogen functional groups attached to an aromatic ring is 1. The predicted molar refractivity (Wildman–Crippen MR) is 82.4 cm³/mol. The largest absolute Gasteiger partial charge is 0.398 e. The average molecular weight is 306 g/mol. The van der Waals surface area contributed by atoms with Gasteiger partial charge in [-0.15, -0.1) is 11.3 Å². The Balaban J connectivity index is 1.90. The Kier molecular flexibility index (Phi) is 3.58. The first-order valence-corrected chi connectivity index (χ1v) is 7.20. The summed E-state index contributed by atoms with van der Waals surface area (Å²) in [5.41, 5.74) is 8.35. The van der Waals surface area contributed by atoms with Crippen molar-refractivity contribution >= 4 is 34.3 Å². The molecule has 3 rings (SSSR count). The number of hydrogen-bond donors (Lipinski definition) is 2. The number of thiophene rings is 1. The van der Waals surface area contributed by atoms with Gasteiger partial charge in [0.05, 0.1) is 17.3 Å². The van der Waals surface area contributed by atoms with E-state index in [9.17, 15) is 0 Å². The van der Waals surface area contributed by atoms with Crippen LogP contribution in [0.25, 0.3) is 5.69 Å². The molecule has 20 heavy (non-hydrogen) atoms. The molecule has 3 aromatic rings. The van der Waals surface area contributed by atoms with Crippen LogP contribution in [0.4, 0.5) is 11.4 Å². The number of benzene rings is 1. The highest BCUT2D eigenvalue weighted by molar-refractivity contribution is 7.10. The van der Waals surface area contributed by atoms with Crippen LogP contribution >= 0.6 is 22.9 Å². The molecule has 102 valence electrons. The maximum Gasteiger partial charge on any atom is 0.138 e. The first kappa shape index (κ1) is 13.0. The second kappa shape index (κ2) is 5.52. The number of halogens is 1. The number of rotatable bonds is 4. The van der Waals surface area contributed by atoms with E-state index in [4.69, 9.17) is 17.3 Å². The van der Waals surface area contributed by atoms with Crippen molar-refractivity contribution in [3.63, 3.8) is 0 Å². The third-order valence-electron chi connectivity index (χ3n) is 2.85. The lowest BCUT2D eigenvalue weighted by Gasteiger charge is -2.13. The summed E-state index contributed by atoms with van der Waals surface area (Å²) in [6.45, 7) is 0.644. The van der Waals surface area contributed by atoms with E-state index < -0.39 is 0 Å². The molecule has 0 saturated carbocycles. The number of nitrogens with zero attached hydrogens (tertiary/aromatic N) is 3. The normalized spacial score (nSPS) is 10.7. The first-order valence-electron chi connectivity index (χ1n) is 5.95. The van der Waals surface area contributed by atoms with Crippen LogP contribution in [0.1, 0.15) is 4.88 Å². The molecular weight excluding hydrogens is 294 g/mol. The van der Waals surface area contributed by atoms with E-state index in [1.807, 2.05) is 29.6 Å². The zero-order valence-corrected chi connectivity index (χ0v) is 12.0. The predicted octanol–water partition coefficient (Wildman–Crippen LogP) is 3.18. The topological polar surface area (TPSA) is 68.8 Å². The third kappa shape index (κ3) is 2.48. The molecule has 7 heteroatoms. The van der Waals surface area contributed by atoms with Crippen LogP contribution in [0, 0.1) is 0 Å². The van der Waals surface area contributed by atoms with Gasteiger partial charge in [0.25, 0.3) is 0 Å². The van der Waals surface area contributed by atoms with Gasteiger partial charge in [0.1, 0.15) is 18.3 Å². The maximum atomic E-state index is 6.26. The van der Waals surface area contributed by atoms with Crippen molar-refractivity contribution in [1.29, 1.82) is 0 Å². The van der Waals surface area contributed by atoms with Gasteiger partial charge in [-0.3, -0.25) is 0 Å². The quantitative estimate of drug-likeness (QED) is 0.777. The van der Waals surface area contributed by atoms with Gasteiger partial charge in [-0.25, -0.2) is 9.67 Å². The summed E-state index contributed by atoms with van der Waals surface area (Å²) in [6.07, 6.45) is 3.09. The molecule has 0 aliphatic rings. The Morgan fingerprint density at radius 3 is 2.95 bits per heavy atom. The molecule has 0 amide bonds. The highest BCUT2D eigenvalue weighted by atomic mass is 35.5. The lowest BCUT2D eigenvalue weighted by atomic mass is 10.2. The number of anilines is 2. The van der Waals surface area contributed by atoms with E-state index >= 15 is 0 Å². The van der Waals surface area contributed by atoms with Gasteiger partial charge >= 0.3 is 0 Å². The lowest BCUT2D eigenvalue weighted by molar-refractivity contribution is 0.878. The van der Waals surface area contributed by atoms with Gasteiger partial charge in [0.15, 0.2) is 0 Å². The van der Waals surface area contributed by atoms with Crippen LogP contribution in [-0.2, 0) is 6.54 Å². The van der Waals surface area contributed by atoms with Crippen molar-refractivity contribution in [2.45, 2.75) is 6.54 Å². The van der Waals surface area contributed by atoms with Crippen molar-refractivity contribution in [3.05, 3.63) is 52.2 Å². The molecule has 0 unspecified atom stereocenters. The minimum absolute atomic E-state index is 0.611. The lowest BCUT2D eigenvalue weighted by Crippen LogP contribution is -2.05. The molecule has 0 fully saturated rings. The molecule has 3 N–H and O–H groups in total. The smallest absolute Gasteiger partial charge is 0.138 e. The summed E-state index contributed by atoms with van der Waals surface area (Å²) >= 11 is 7.88. The van der Waals surface area contributed by atoms with Crippen molar-refractivity contribution in [3.8, 4) is 5.69 Å². The van der Waals surface area contributed by atoms with Crippen LogP contribution in [0.2, 0.25) is 5.02 Å². The van der Waals surface area contributed by atoms with Crippen molar-refractivity contribution in [1.82, 2.24) is 14.8 Å². The average Bonchev–Trinajstić information content (AvgIpc) is 3.08. The number of nitrogens with one attached hydrogen (secondary N) is 1. The molecule has 2 aromatic heterocycles. The molecule has 0 aliphatic heterocycles. The maximum absolute atomic E-state index is 6.26. The zero-order chi connectivity index (χ0) is 13.9. The van der Waals surface area contributed by atoms with Crippen LogP contribution in [0.15, 0.2) is 42.3 Å². The number of nitrogens with two attached hydrogens (primary N) is 1. The zero-order valence-electron chi connectivity index (χ0n) is 10.5. The Morgan fingerprint density at radius 2 is 2.25 bits per heavy atom. The molecule has 0 saturated heterocycles. The van der Waals surface area contributed by atoms with Crippen molar-refractivity contribution in [2.24, 2.45) is 0 Å². The summed E-state index contributed by atoms with van der Waals surface area (Å²) in [6, 6.07) is 7.57. The molecule has 0 radical (unpaired) electrons. The number of para-hydroxylation sites is 1. The number of aromatic nitrogens is 3. The fraction of sp³-hybridized carbons (Fsp3) is 0.0769. The van der Waals surface area contributed by atoms with Gasteiger partial charge in [0, 0.05) is 10.6 Å². The van der Waals surface area contributed by atoms with Crippen molar-refractivity contribution < 1.29 is 0 Å². The molecule has 2 heterocycles. The highest BCUT2D eigenvalue weighted by Crippen LogP contribution is 2.29. The Hall–Kier alpha value is -2.05. The van der Waals surface area contributed by atoms with Crippen molar-refractivity contribution in [2.75, 3.05) is 11.1 Å². The van der Waals surface area contributed by atoms with Crippen LogP contribution in [0.5, 0.6) is 0 Å². The fourth-order valence-corrected chi connectivity index (χ4v) is 2.88. The van der Waals surface area contributed by atoms with E-state index in [1.54, 1.807) is 22.3 Å². The van der Waals surface area contributed by atoms with Crippen LogP contribution < -0.4 is 11.1 Å². The van der Waals surface area contributed by atoms with Crippen LogP contribution in [0.3, 0.4) is 0 Å². The molecule has 0 aliphatic carbocycles. The molecule has 0 bridgehead atoms. The fourth-order valence-electron chi connectivity index (χ4n) is 1.88. The standard InChI is InChI=1S/C13H12ClN5S/c14-9-2-1-3-11(13(9)19-8-16-7-18-19)17-6-12-10(15)4-5-20-12/h1-5,7-8,17H,6,15H2. The summed E-state index contributed by atoms with van der Waals surface area (Å²) in [4.78, 5) is 5.04. The molecule has 0 atom stereocenters. The SMILES string of the molecule is Nc1ccsc1CNc1cccc(Cl)c1-n1cncn1. The molecule has 0 spiro atoms. The van der Waals surface area contributed by atoms with Gasteiger partial charge in [-0.1, -0.05) is 17.7 Å². The Bertz CT molecular complexity index is 707. The first-order chi connectivity index (χ1) is 9.75. The van der Waals surface area contributed by atoms with E-state index in [0.717, 1.165) is 21.9 Å². The summed E-state index contributed by atoms with van der Waals surface area (Å²) in [5, 5.41) is 10.1. The van der Waals surface area contributed by atoms with Gasteiger partial charge in [-0.05, 0) is 23.6 Å². The van der Waals surface area contributed by atoms with Gasteiger partial charge in [-0.2, -0.15) is 5.10 Å². The minimum atomic E-state index is 0.611. The summed E-state index contributed by atoms with van der Waals surface area (Å²) < 4.78 is 1.64. The van der Waals surface area contributed by atoms with E-state index in [1.165, 1.54) is 6.33 Å². The highest BCUT2D eigenvalue weighted by Gasteiger charge is 2.10.